The molecule has 35 heavy (non-hydrogen) atoms. The molecule has 178 valence electrons. The highest BCUT2D eigenvalue weighted by molar-refractivity contribution is 6.53. The van der Waals surface area contributed by atoms with Gasteiger partial charge in [0.25, 0.3) is 0 Å². The van der Waals surface area contributed by atoms with Crippen LogP contribution in [0.3, 0.4) is 0 Å². The molecule has 0 bridgehead atoms. The van der Waals surface area contributed by atoms with Gasteiger partial charge < -0.3 is 10.3 Å². The van der Waals surface area contributed by atoms with Crippen molar-refractivity contribution in [3.05, 3.63) is 92.7 Å². The van der Waals surface area contributed by atoms with Crippen LogP contribution in [-0.2, 0) is 11.2 Å². The lowest BCUT2D eigenvalue weighted by Crippen LogP contribution is -2.17. The van der Waals surface area contributed by atoms with Crippen LogP contribution in [0.2, 0.25) is 15.1 Å². The molecule has 0 spiro atoms. The smallest absolute Gasteiger partial charge is 0.231 e. The summed E-state index contributed by atoms with van der Waals surface area (Å²) < 4.78 is -1.31. The van der Waals surface area contributed by atoms with Gasteiger partial charge in [-0.1, -0.05) is 34.8 Å². The summed E-state index contributed by atoms with van der Waals surface area (Å²) in [6.45, 7) is 0. The Labute approximate surface area is 225 Å². The largest absolute Gasteiger partial charge is 0.346 e. The van der Waals surface area contributed by atoms with E-state index in [4.69, 9.17) is 58.0 Å². The number of carbonyl (C=O) groups excluding carboxylic acids is 2. The van der Waals surface area contributed by atoms with Gasteiger partial charge in [0, 0.05) is 51.4 Å². The number of alkyl halides is 2. The van der Waals surface area contributed by atoms with Crippen molar-refractivity contribution in [2.24, 2.45) is 5.92 Å². The zero-order valence-corrected chi connectivity index (χ0v) is 21.6. The molecule has 1 amide bonds. The minimum atomic E-state index is -1.31. The molecule has 2 atom stereocenters. The maximum atomic E-state index is 13.0. The number of carbonyl (C=O) groups is 2. The number of rotatable bonds is 6. The van der Waals surface area contributed by atoms with Gasteiger partial charge in [-0.15, -0.1) is 23.2 Å². The monoisotopic (exact) mass is 565 g/mol. The topological polar surface area (TPSA) is 74.8 Å². The normalized spacial score (nSPS) is 18.4. The zero-order chi connectivity index (χ0) is 24.9. The van der Waals surface area contributed by atoms with E-state index in [1.54, 1.807) is 48.8 Å². The van der Waals surface area contributed by atoms with Gasteiger partial charge in [0.1, 0.15) is 9.98 Å². The number of Topliss-reactive ketones (excluding diaryl/α,β-unsaturated/α-hetero) is 1. The quantitative estimate of drug-likeness (QED) is 0.187. The first-order chi connectivity index (χ1) is 16.6. The maximum Gasteiger partial charge on any atom is 0.231 e. The number of pyridine rings is 1. The molecule has 1 saturated carbocycles. The molecule has 0 saturated heterocycles. The third-order valence-corrected chi connectivity index (χ3v) is 7.64. The number of anilines is 1. The lowest BCUT2D eigenvalue weighted by molar-refractivity contribution is -0.117. The molecule has 1 aliphatic carbocycles. The fourth-order valence-electron chi connectivity index (χ4n) is 4.22. The third kappa shape index (κ3) is 4.89. The predicted molar refractivity (Wildman–Crippen MR) is 141 cm³/mol. The summed E-state index contributed by atoms with van der Waals surface area (Å²) in [5.41, 5.74) is 2.86. The van der Waals surface area contributed by atoms with Crippen molar-refractivity contribution in [2.45, 2.75) is 16.7 Å². The summed E-state index contributed by atoms with van der Waals surface area (Å²) in [6, 6.07) is 13.5. The van der Waals surface area contributed by atoms with Crippen LogP contribution in [0.5, 0.6) is 0 Å². The van der Waals surface area contributed by atoms with E-state index in [-0.39, 0.29) is 28.7 Å². The van der Waals surface area contributed by atoms with E-state index in [1.165, 1.54) is 0 Å². The van der Waals surface area contributed by atoms with Gasteiger partial charge in [0.15, 0.2) is 5.78 Å². The van der Waals surface area contributed by atoms with E-state index < -0.39 is 16.2 Å². The molecule has 1 aliphatic rings. The molecular formula is C25H16Cl5N3O2. The standard InChI is InChI=1S/C25H16Cl5N3O2/c26-15-7-14(8-16(27)9-15)21-22(25(21,29)30)24(35)33-17-1-2-19(28)18(10-17)20(34)6-12-5-13-3-4-31-23(13)32-11-12/h1-5,7-11,21-22H,6H2,(H,31,32)(H,33,35). The number of nitrogens with one attached hydrogen (secondary N) is 2. The number of hydrogen-bond acceptors (Lipinski definition) is 3. The fourth-order valence-corrected chi connectivity index (χ4v) is 5.82. The molecule has 2 N–H and O–H groups in total. The van der Waals surface area contributed by atoms with E-state index in [2.05, 4.69) is 15.3 Å². The molecule has 1 fully saturated rings. The van der Waals surface area contributed by atoms with Gasteiger partial charge >= 0.3 is 0 Å². The molecule has 5 nitrogen and oxygen atoms in total. The Balaban J connectivity index is 1.33. The number of benzene rings is 2. The van der Waals surface area contributed by atoms with Crippen LogP contribution in [0.15, 0.2) is 60.9 Å². The van der Waals surface area contributed by atoms with Crippen molar-refractivity contribution in [3.63, 3.8) is 0 Å². The van der Waals surface area contributed by atoms with Gasteiger partial charge in [0.05, 0.1) is 10.9 Å². The van der Waals surface area contributed by atoms with Crippen LogP contribution >= 0.6 is 58.0 Å². The van der Waals surface area contributed by atoms with Gasteiger partial charge in [-0.25, -0.2) is 4.98 Å². The molecule has 2 aromatic heterocycles. The number of aromatic amines is 1. The SMILES string of the molecule is O=C(Cc1cnc2[nH]ccc2c1)c1cc(NC(=O)C2C(c3cc(Cl)cc(Cl)c3)C2(Cl)Cl)ccc1Cl. The number of nitrogens with zero attached hydrogens (tertiary/aromatic N) is 1. The van der Waals surface area contributed by atoms with Crippen LogP contribution in [0.25, 0.3) is 11.0 Å². The second kappa shape index (κ2) is 9.30. The van der Waals surface area contributed by atoms with Crippen LogP contribution in [0, 0.1) is 5.92 Å². The number of ketones is 1. The highest BCUT2D eigenvalue weighted by atomic mass is 35.5. The van der Waals surface area contributed by atoms with Gasteiger partial charge in [-0.05, 0) is 59.7 Å². The Hall–Kier alpha value is -2.28. The van der Waals surface area contributed by atoms with Crippen molar-refractivity contribution in [3.8, 4) is 0 Å². The molecule has 2 heterocycles. The summed E-state index contributed by atoms with van der Waals surface area (Å²) >= 11 is 31.4. The number of aromatic nitrogens is 2. The molecule has 0 radical (unpaired) electrons. The molecular weight excluding hydrogens is 552 g/mol. The Kier molecular flexibility index (Phi) is 6.49. The Morgan fingerprint density at radius 3 is 2.49 bits per heavy atom. The van der Waals surface area contributed by atoms with Gasteiger partial charge in [-0.3, -0.25) is 9.59 Å². The van der Waals surface area contributed by atoms with Crippen LogP contribution < -0.4 is 5.32 Å². The molecule has 2 unspecified atom stereocenters. The second-order valence-electron chi connectivity index (χ2n) is 8.38. The average Bonchev–Trinajstić information content (AvgIpc) is 3.11. The summed E-state index contributed by atoms with van der Waals surface area (Å²) in [5, 5.41) is 4.84. The number of fused-ring (bicyclic) bond motifs is 1. The fraction of sp³-hybridized carbons (Fsp3) is 0.160. The Bertz CT molecular complexity index is 1460. The molecule has 0 aliphatic heterocycles. The first-order valence-electron chi connectivity index (χ1n) is 10.5. The van der Waals surface area contributed by atoms with Crippen LogP contribution in [0.4, 0.5) is 5.69 Å². The van der Waals surface area contributed by atoms with E-state index in [1.807, 2.05) is 12.1 Å². The van der Waals surface area contributed by atoms with E-state index >= 15 is 0 Å². The van der Waals surface area contributed by atoms with E-state index in [0.29, 0.717) is 21.3 Å². The molecule has 4 aromatic rings. The van der Waals surface area contributed by atoms with Gasteiger partial charge in [-0.2, -0.15) is 0 Å². The first-order valence-corrected chi connectivity index (χ1v) is 12.4. The van der Waals surface area contributed by atoms with Crippen LogP contribution in [-0.4, -0.2) is 26.0 Å². The molecule has 5 rings (SSSR count). The lowest BCUT2D eigenvalue weighted by Gasteiger charge is -2.09. The average molecular weight is 568 g/mol. The Morgan fingerprint density at radius 1 is 1.00 bits per heavy atom. The second-order valence-corrected chi connectivity index (χ2v) is 11.1. The van der Waals surface area contributed by atoms with Crippen molar-refractivity contribution >= 4 is 86.4 Å². The number of halogens is 5. The van der Waals surface area contributed by atoms with E-state index in [0.717, 1.165) is 16.6 Å². The summed E-state index contributed by atoms with van der Waals surface area (Å²) in [6.07, 6.45) is 3.54. The number of H-pyrrole nitrogens is 1. The highest BCUT2D eigenvalue weighted by Crippen LogP contribution is 2.65. The Morgan fingerprint density at radius 2 is 1.74 bits per heavy atom. The molecule has 10 heteroatoms. The highest BCUT2D eigenvalue weighted by Gasteiger charge is 2.67. The van der Waals surface area contributed by atoms with Crippen molar-refractivity contribution < 1.29 is 9.59 Å². The van der Waals surface area contributed by atoms with Crippen molar-refractivity contribution in [1.29, 1.82) is 0 Å². The number of hydrogen-bond donors (Lipinski definition) is 2. The van der Waals surface area contributed by atoms with Crippen molar-refractivity contribution in [2.75, 3.05) is 5.32 Å². The molecule has 2 aromatic carbocycles. The maximum absolute atomic E-state index is 13.0. The third-order valence-electron chi connectivity index (χ3n) is 5.94. The lowest BCUT2D eigenvalue weighted by atomic mass is 10.0. The summed E-state index contributed by atoms with van der Waals surface area (Å²) in [7, 11) is 0. The minimum absolute atomic E-state index is 0.109. The zero-order valence-electron chi connectivity index (χ0n) is 17.8. The number of amides is 1. The summed E-state index contributed by atoms with van der Waals surface area (Å²) in [5.74, 6) is -1.80. The van der Waals surface area contributed by atoms with Crippen molar-refractivity contribution in [1.82, 2.24) is 9.97 Å². The first kappa shape index (κ1) is 24.4. The van der Waals surface area contributed by atoms with Gasteiger partial charge in [0.2, 0.25) is 5.91 Å². The minimum Gasteiger partial charge on any atom is -0.346 e. The summed E-state index contributed by atoms with van der Waals surface area (Å²) in [4.78, 5) is 33.3. The van der Waals surface area contributed by atoms with E-state index in [9.17, 15) is 9.59 Å². The predicted octanol–water partition coefficient (Wildman–Crippen LogP) is 7.47. The van der Waals surface area contributed by atoms with Crippen LogP contribution in [0.1, 0.15) is 27.4 Å².